The molecule has 0 radical (unpaired) electrons. The molecule has 2 aromatic carbocycles. The number of nitrogens with zero attached hydrogens (tertiary/aromatic N) is 1. The predicted octanol–water partition coefficient (Wildman–Crippen LogP) is 3.75. The van der Waals surface area contributed by atoms with Crippen molar-refractivity contribution in [2.75, 3.05) is 6.79 Å². The summed E-state index contributed by atoms with van der Waals surface area (Å²) in [6, 6.07) is 11.1. The first-order valence-corrected chi connectivity index (χ1v) is 6.62. The van der Waals surface area contributed by atoms with Crippen LogP contribution in [0.25, 0.3) is 22.5 Å². The fraction of sp³-hybridized carbons (Fsp3) is 0.0625. The van der Waals surface area contributed by atoms with Gasteiger partial charge in [0.25, 0.3) is 0 Å². The molecule has 6 heteroatoms. The van der Waals surface area contributed by atoms with Gasteiger partial charge in [0, 0.05) is 11.1 Å². The van der Waals surface area contributed by atoms with Crippen LogP contribution in [-0.2, 0) is 0 Å². The van der Waals surface area contributed by atoms with Crippen LogP contribution in [0.15, 0.2) is 42.5 Å². The highest BCUT2D eigenvalue weighted by molar-refractivity contribution is 5.70. The van der Waals surface area contributed by atoms with Gasteiger partial charge in [-0.05, 0) is 36.4 Å². The molecule has 4 rings (SSSR count). The Labute approximate surface area is 124 Å². The average molecular weight is 300 g/mol. The highest BCUT2D eigenvalue weighted by Gasteiger charge is 2.16. The Kier molecular flexibility index (Phi) is 2.82. The van der Waals surface area contributed by atoms with E-state index in [4.69, 9.17) is 9.47 Å². The van der Waals surface area contributed by atoms with Crippen molar-refractivity contribution in [2.45, 2.75) is 0 Å². The molecule has 110 valence electrons. The first-order valence-electron chi connectivity index (χ1n) is 6.62. The topological polar surface area (TPSA) is 47.1 Å². The minimum atomic E-state index is -0.900. The van der Waals surface area contributed by atoms with E-state index in [9.17, 15) is 8.78 Å². The largest absolute Gasteiger partial charge is 0.454 e. The molecule has 0 aliphatic carbocycles. The van der Waals surface area contributed by atoms with Crippen LogP contribution in [0.4, 0.5) is 8.78 Å². The van der Waals surface area contributed by atoms with Gasteiger partial charge in [0.2, 0.25) is 6.79 Å². The lowest BCUT2D eigenvalue weighted by molar-refractivity contribution is 0.174. The number of halogens is 2. The van der Waals surface area contributed by atoms with Crippen LogP contribution in [0.3, 0.4) is 0 Å². The van der Waals surface area contributed by atoms with Gasteiger partial charge in [-0.2, -0.15) is 5.10 Å². The molecule has 4 nitrogen and oxygen atoms in total. The van der Waals surface area contributed by atoms with Crippen molar-refractivity contribution >= 4 is 0 Å². The summed E-state index contributed by atoms with van der Waals surface area (Å²) in [5.41, 5.74) is 1.95. The van der Waals surface area contributed by atoms with Gasteiger partial charge in [0.15, 0.2) is 23.1 Å². The number of hydrogen-bond donors (Lipinski definition) is 1. The number of ether oxygens (including phenoxy) is 2. The molecule has 0 spiro atoms. The number of aromatic nitrogens is 2. The number of fused-ring (bicyclic) bond motifs is 1. The van der Waals surface area contributed by atoms with Crippen molar-refractivity contribution in [2.24, 2.45) is 0 Å². The summed E-state index contributed by atoms with van der Waals surface area (Å²) in [7, 11) is 0. The third kappa shape index (κ3) is 2.00. The molecule has 2 heterocycles. The number of benzene rings is 2. The Hall–Kier alpha value is -2.89. The molecule has 0 bridgehead atoms. The van der Waals surface area contributed by atoms with E-state index in [0.29, 0.717) is 22.9 Å². The third-order valence-electron chi connectivity index (χ3n) is 3.49. The maximum Gasteiger partial charge on any atom is 0.231 e. The van der Waals surface area contributed by atoms with Crippen molar-refractivity contribution < 1.29 is 18.3 Å². The standard InChI is InChI=1S/C16H10F2N2O2/c17-11-3-1-2-10(16(11)18)13-7-12(19-20-13)9-4-5-14-15(6-9)22-8-21-14/h1-7H,8H2,(H,19,20). The van der Waals surface area contributed by atoms with Crippen molar-refractivity contribution in [3.63, 3.8) is 0 Å². The van der Waals surface area contributed by atoms with Gasteiger partial charge in [0.05, 0.1) is 11.4 Å². The fourth-order valence-corrected chi connectivity index (χ4v) is 2.38. The van der Waals surface area contributed by atoms with Crippen LogP contribution in [0.1, 0.15) is 0 Å². The lowest BCUT2D eigenvalue weighted by atomic mass is 10.1. The molecule has 1 N–H and O–H groups in total. The van der Waals surface area contributed by atoms with Gasteiger partial charge in [-0.15, -0.1) is 0 Å². The zero-order valence-corrected chi connectivity index (χ0v) is 11.3. The minimum absolute atomic E-state index is 0.138. The van der Waals surface area contributed by atoms with Gasteiger partial charge < -0.3 is 9.47 Å². The number of hydrogen-bond acceptors (Lipinski definition) is 3. The highest BCUT2D eigenvalue weighted by Crippen LogP contribution is 2.36. The second kappa shape index (κ2) is 4.84. The smallest absolute Gasteiger partial charge is 0.231 e. The fourth-order valence-electron chi connectivity index (χ4n) is 2.38. The molecule has 0 atom stereocenters. The first kappa shape index (κ1) is 12.8. The summed E-state index contributed by atoms with van der Waals surface area (Å²) in [6.07, 6.45) is 0. The summed E-state index contributed by atoms with van der Waals surface area (Å²) >= 11 is 0. The average Bonchev–Trinajstić information content (AvgIpc) is 3.17. The zero-order chi connectivity index (χ0) is 15.1. The van der Waals surface area contributed by atoms with Crippen LogP contribution in [0.5, 0.6) is 11.5 Å². The van der Waals surface area contributed by atoms with Gasteiger partial charge in [-0.1, -0.05) is 6.07 Å². The molecule has 0 saturated carbocycles. The zero-order valence-electron chi connectivity index (χ0n) is 11.3. The van der Waals surface area contributed by atoms with Gasteiger partial charge >= 0.3 is 0 Å². The lowest BCUT2D eigenvalue weighted by Crippen LogP contribution is -1.92. The van der Waals surface area contributed by atoms with Gasteiger partial charge in [-0.25, -0.2) is 8.78 Å². The molecule has 0 saturated heterocycles. The molecular formula is C16H10F2N2O2. The third-order valence-corrected chi connectivity index (χ3v) is 3.49. The van der Waals surface area contributed by atoms with Crippen LogP contribution >= 0.6 is 0 Å². The van der Waals surface area contributed by atoms with E-state index in [0.717, 1.165) is 11.6 Å². The predicted molar refractivity (Wildman–Crippen MR) is 75.5 cm³/mol. The maximum absolute atomic E-state index is 13.8. The lowest BCUT2D eigenvalue weighted by Gasteiger charge is -2.00. The summed E-state index contributed by atoms with van der Waals surface area (Å²) in [6.45, 7) is 0.194. The molecule has 22 heavy (non-hydrogen) atoms. The van der Waals surface area contributed by atoms with E-state index >= 15 is 0 Å². The van der Waals surface area contributed by atoms with Crippen molar-refractivity contribution in [3.05, 3.63) is 54.1 Å². The molecule has 1 aliphatic rings. The molecule has 3 aromatic rings. The van der Waals surface area contributed by atoms with E-state index in [1.165, 1.54) is 12.1 Å². The Morgan fingerprint density at radius 3 is 2.77 bits per heavy atom. The van der Waals surface area contributed by atoms with E-state index in [2.05, 4.69) is 10.2 Å². The Morgan fingerprint density at radius 1 is 1.00 bits per heavy atom. The second-order valence-corrected chi connectivity index (χ2v) is 4.84. The first-order chi connectivity index (χ1) is 10.7. The van der Waals surface area contributed by atoms with Crippen LogP contribution < -0.4 is 9.47 Å². The van der Waals surface area contributed by atoms with Crippen molar-refractivity contribution in [3.8, 4) is 34.0 Å². The van der Waals surface area contributed by atoms with E-state index in [1.54, 1.807) is 18.2 Å². The summed E-state index contributed by atoms with van der Waals surface area (Å²) in [4.78, 5) is 0. The molecule has 1 aliphatic heterocycles. The van der Waals surface area contributed by atoms with E-state index in [1.807, 2.05) is 6.07 Å². The maximum atomic E-state index is 13.8. The van der Waals surface area contributed by atoms with E-state index in [-0.39, 0.29) is 12.4 Å². The van der Waals surface area contributed by atoms with Gasteiger partial charge in [0.1, 0.15) is 0 Å². The Balaban J connectivity index is 1.74. The van der Waals surface area contributed by atoms with Crippen molar-refractivity contribution in [1.29, 1.82) is 0 Å². The van der Waals surface area contributed by atoms with Crippen LogP contribution in [0, 0.1) is 11.6 Å². The highest BCUT2D eigenvalue weighted by atomic mass is 19.2. The van der Waals surface area contributed by atoms with Crippen molar-refractivity contribution in [1.82, 2.24) is 10.2 Å². The minimum Gasteiger partial charge on any atom is -0.454 e. The summed E-state index contributed by atoms with van der Waals surface area (Å²) in [5, 5.41) is 6.88. The SMILES string of the molecule is Fc1cccc(-c2cc(-c3ccc4c(c3)OCO4)n[nH]2)c1F. The Bertz CT molecular complexity index is 861. The summed E-state index contributed by atoms with van der Waals surface area (Å²) < 4.78 is 37.7. The monoisotopic (exact) mass is 300 g/mol. The number of aromatic amines is 1. The van der Waals surface area contributed by atoms with Gasteiger partial charge in [-0.3, -0.25) is 5.10 Å². The quantitative estimate of drug-likeness (QED) is 0.784. The molecule has 1 aromatic heterocycles. The molecule has 0 unspecified atom stereocenters. The number of H-pyrrole nitrogens is 1. The molecule has 0 fully saturated rings. The van der Waals surface area contributed by atoms with E-state index < -0.39 is 11.6 Å². The van der Waals surface area contributed by atoms with Crippen LogP contribution in [0.2, 0.25) is 0 Å². The molecular weight excluding hydrogens is 290 g/mol. The number of nitrogens with one attached hydrogen (secondary N) is 1. The normalized spacial score (nSPS) is 12.6. The second-order valence-electron chi connectivity index (χ2n) is 4.84. The number of rotatable bonds is 2. The molecule has 0 amide bonds. The Morgan fingerprint density at radius 2 is 1.86 bits per heavy atom. The van der Waals surface area contributed by atoms with Crippen LogP contribution in [-0.4, -0.2) is 17.0 Å². The summed E-state index contributed by atoms with van der Waals surface area (Å²) in [5.74, 6) is -0.477.